The number of para-hydroxylation sites is 3. The maximum Gasteiger partial charge on any atom is 0.147 e. The normalized spacial score (nSPS) is 12.2. The van der Waals surface area contributed by atoms with Crippen molar-refractivity contribution in [1.29, 1.82) is 0 Å². The van der Waals surface area contributed by atoms with E-state index < -0.39 is 0 Å². The second-order valence-electron chi connectivity index (χ2n) is 11.1. The molecule has 43 heavy (non-hydrogen) atoms. The lowest BCUT2D eigenvalue weighted by atomic mass is 9.95. The zero-order valence-corrected chi connectivity index (χ0v) is 23.6. The second kappa shape index (κ2) is 8.54. The fourth-order valence-electron chi connectivity index (χ4n) is 6.73. The highest BCUT2D eigenvalue weighted by Gasteiger charge is 2.22. The Labute approximate surface area is 249 Å². The summed E-state index contributed by atoms with van der Waals surface area (Å²) < 4.78 is 15.5. The largest absolute Gasteiger partial charge is 0.455 e. The average Bonchev–Trinajstić information content (AvgIpc) is 3.74. The van der Waals surface area contributed by atoms with Crippen LogP contribution in [0, 0.1) is 0 Å². The van der Waals surface area contributed by atoms with E-state index >= 15 is 0 Å². The van der Waals surface area contributed by atoms with Crippen molar-refractivity contribution in [2.24, 2.45) is 0 Å². The van der Waals surface area contributed by atoms with Gasteiger partial charge in [-0.05, 0) is 41.5 Å². The van der Waals surface area contributed by atoms with Crippen LogP contribution in [0.3, 0.4) is 0 Å². The first-order valence-electron chi connectivity index (χ1n) is 14.4. The predicted molar refractivity (Wildman–Crippen MR) is 180 cm³/mol. The van der Waals surface area contributed by atoms with Crippen molar-refractivity contribution >= 4 is 86.4 Å². The number of hydrogen-bond donors (Lipinski definition) is 0. The van der Waals surface area contributed by atoms with Gasteiger partial charge in [0.2, 0.25) is 0 Å². The van der Waals surface area contributed by atoms with Crippen LogP contribution in [0.1, 0.15) is 0 Å². The van der Waals surface area contributed by atoms with Gasteiger partial charge in [-0.1, -0.05) is 97.1 Å². The molecular formula is C39H21NO2S. The summed E-state index contributed by atoms with van der Waals surface area (Å²) in [5.41, 5.74) is 9.96. The Bertz CT molecular complexity index is 2640. The Morgan fingerprint density at radius 2 is 1.00 bits per heavy atom. The topological polar surface area (TPSA) is 39.2 Å². The Kier molecular flexibility index (Phi) is 4.60. The van der Waals surface area contributed by atoms with Gasteiger partial charge in [-0.3, -0.25) is 0 Å². The molecule has 0 bridgehead atoms. The first kappa shape index (κ1) is 23.1. The third-order valence-electron chi connectivity index (χ3n) is 8.67. The summed E-state index contributed by atoms with van der Waals surface area (Å²) in [6.45, 7) is 0. The van der Waals surface area contributed by atoms with E-state index in [1.54, 1.807) is 0 Å². The van der Waals surface area contributed by atoms with Gasteiger partial charge in [0.05, 0.1) is 21.3 Å². The minimum Gasteiger partial charge on any atom is -0.455 e. The fourth-order valence-corrected chi connectivity index (χ4v) is 7.95. The third-order valence-corrected chi connectivity index (χ3v) is 9.85. The van der Waals surface area contributed by atoms with Crippen molar-refractivity contribution in [3.05, 3.63) is 127 Å². The summed E-state index contributed by atoms with van der Waals surface area (Å²) in [6.07, 6.45) is 0. The molecule has 0 saturated carbocycles. The standard InChI is InChI=1S/C39H21NO2S/c1-5-13-30-26(11-1)34(39-36(40-30)27-12-4-8-16-33(27)43-39)22-17-19-23(20-18-22)35-37-28(24-9-2-6-14-31(24)41-37)21-29-25-10-3-7-15-32(25)42-38(29)35/h1-21H. The van der Waals surface area contributed by atoms with Crippen LogP contribution in [0.4, 0.5) is 0 Å². The zero-order valence-electron chi connectivity index (χ0n) is 22.8. The fraction of sp³-hybridized carbons (Fsp3) is 0. The summed E-state index contributed by atoms with van der Waals surface area (Å²) in [4.78, 5) is 5.11. The monoisotopic (exact) mass is 567 g/mol. The summed E-state index contributed by atoms with van der Waals surface area (Å²) >= 11 is 1.81. The Balaban J connectivity index is 1.26. The molecule has 200 valence electrons. The van der Waals surface area contributed by atoms with Gasteiger partial charge in [0.25, 0.3) is 0 Å². The molecule has 4 heterocycles. The van der Waals surface area contributed by atoms with Crippen LogP contribution in [-0.4, -0.2) is 4.98 Å². The van der Waals surface area contributed by atoms with Crippen molar-refractivity contribution in [3.8, 4) is 22.3 Å². The Hall–Kier alpha value is -5.45. The summed E-state index contributed by atoms with van der Waals surface area (Å²) in [6, 6.07) is 44.6. The van der Waals surface area contributed by atoms with Crippen LogP contribution < -0.4 is 0 Å². The lowest BCUT2D eigenvalue weighted by Crippen LogP contribution is -1.87. The van der Waals surface area contributed by atoms with Gasteiger partial charge in [-0.15, -0.1) is 11.3 Å². The number of hydrogen-bond acceptors (Lipinski definition) is 4. The molecule has 0 aliphatic carbocycles. The van der Waals surface area contributed by atoms with Crippen molar-refractivity contribution in [2.45, 2.75) is 0 Å². The molecule has 0 aliphatic rings. The highest BCUT2D eigenvalue weighted by Crippen LogP contribution is 2.46. The highest BCUT2D eigenvalue weighted by atomic mass is 32.1. The van der Waals surface area contributed by atoms with Gasteiger partial charge in [-0.2, -0.15) is 0 Å². The van der Waals surface area contributed by atoms with Crippen molar-refractivity contribution < 1.29 is 8.83 Å². The predicted octanol–water partition coefficient (Wildman–Crippen LogP) is 11.7. The molecule has 0 unspecified atom stereocenters. The number of benzene rings is 6. The molecule has 0 spiro atoms. The first-order valence-corrected chi connectivity index (χ1v) is 15.2. The molecule has 0 radical (unpaired) electrons. The van der Waals surface area contributed by atoms with E-state index in [0.717, 1.165) is 77.0 Å². The van der Waals surface area contributed by atoms with Crippen LogP contribution in [0.25, 0.3) is 97.3 Å². The SMILES string of the molecule is c1ccc2c(-c3ccc(-c4c5oc6ccccc6c5cc5c4oc4ccccc45)cc3)c3sc4ccccc4c3nc2c1. The van der Waals surface area contributed by atoms with Crippen molar-refractivity contribution in [2.75, 3.05) is 0 Å². The van der Waals surface area contributed by atoms with Gasteiger partial charge in [0.15, 0.2) is 0 Å². The van der Waals surface area contributed by atoms with E-state index in [2.05, 4.69) is 103 Å². The molecule has 10 rings (SSSR count). The highest BCUT2D eigenvalue weighted by molar-refractivity contribution is 7.26. The third kappa shape index (κ3) is 3.21. The molecule has 0 atom stereocenters. The average molecular weight is 568 g/mol. The van der Waals surface area contributed by atoms with E-state index in [0.29, 0.717) is 0 Å². The number of thiophene rings is 1. The number of pyridine rings is 1. The van der Waals surface area contributed by atoms with Crippen LogP contribution >= 0.6 is 11.3 Å². The number of rotatable bonds is 2. The molecule has 0 fully saturated rings. The molecule has 0 amide bonds. The number of furan rings is 2. The first-order chi connectivity index (χ1) is 21.3. The zero-order chi connectivity index (χ0) is 28.1. The summed E-state index contributed by atoms with van der Waals surface area (Å²) in [5, 5.41) is 6.78. The maximum atomic E-state index is 6.54. The Morgan fingerprint density at radius 1 is 0.465 bits per heavy atom. The molecule has 3 nitrogen and oxygen atoms in total. The van der Waals surface area contributed by atoms with Crippen LogP contribution in [0.2, 0.25) is 0 Å². The molecular weight excluding hydrogens is 547 g/mol. The lowest BCUT2D eigenvalue weighted by molar-refractivity contribution is 0.658. The summed E-state index contributed by atoms with van der Waals surface area (Å²) in [7, 11) is 0. The van der Waals surface area contributed by atoms with Crippen LogP contribution in [0.15, 0.2) is 136 Å². The molecule has 4 aromatic heterocycles. The van der Waals surface area contributed by atoms with E-state index in [1.807, 2.05) is 35.6 Å². The molecule has 0 saturated heterocycles. The van der Waals surface area contributed by atoms with Crippen LogP contribution in [-0.2, 0) is 0 Å². The van der Waals surface area contributed by atoms with Gasteiger partial charge in [0, 0.05) is 42.6 Å². The maximum absolute atomic E-state index is 6.54. The Morgan fingerprint density at radius 3 is 1.67 bits per heavy atom. The number of aromatic nitrogens is 1. The van der Waals surface area contributed by atoms with Gasteiger partial charge < -0.3 is 8.83 Å². The second-order valence-corrected chi connectivity index (χ2v) is 12.1. The van der Waals surface area contributed by atoms with E-state index in [1.165, 1.54) is 20.3 Å². The van der Waals surface area contributed by atoms with Gasteiger partial charge in [0.1, 0.15) is 22.3 Å². The molecule has 0 N–H and O–H groups in total. The molecule has 10 aromatic rings. The number of nitrogens with zero attached hydrogens (tertiary/aromatic N) is 1. The van der Waals surface area contributed by atoms with E-state index in [4.69, 9.17) is 13.8 Å². The minimum absolute atomic E-state index is 0.849. The molecule has 0 aliphatic heterocycles. The minimum atomic E-state index is 0.849. The lowest BCUT2D eigenvalue weighted by Gasteiger charge is -2.10. The summed E-state index contributed by atoms with van der Waals surface area (Å²) in [5.74, 6) is 0. The molecule has 4 heteroatoms. The smallest absolute Gasteiger partial charge is 0.147 e. The van der Waals surface area contributed by atoms with Crippen molar-refractivity contribution in [1.82, 2.24) is 4.98 Å². The van der Waals surface area contributed by atoms with E-state index in [9.17, 15) is 0 Å². The van der Waals surface area contributed by atoms with Crippen molar-refractivity contribution in [3.63, 3.8) is 0 Å². The number of fused-ring (bicyclic) bond motifs is 10. The van der Waals surface area contributed by atoms with Gasteiger partial charge in [-0.25, -0.2) is 4.98 Å². The molecule has 6 aromatic carbocycles. The quantitative estimate of drug-likeness (QED) is 0.209. The van der Waals surface area contributed by atoms with Gasteiger partial charge >= 0.3 is 0 Å². The van der Waals surface area contributed by atoms with E-state index in [-0.39, 0.29) is 0 Å². The van der Waals surface area contributed by atoms with Crippen LogP contribution in [0.5, 0.6) is 0 Å².